The molecule has 0 N–H and O–H groups in total. The van der Waals surface area contributed by atoms with Crippen LogP contribution in [0, 0.1) is 18.7 Å². The van der Waals surface area contributed by atoms with Gasteiger partial charge in [0.15, 0.2) is 12.2 Å². The number of unbranched alkanes of at least 4 members (excludes halogenated alkanes) is 1. The third kappa shape index (κ3) is 5.18. The number of benzene rings is 1. The fraction of sp³-hybridized carbons (Fsp3) is 0.522. The number of hydrogen-bond donors (Lipinski definition) is 0. The van der Waals surface area contributed by atoms with Gasteiger partial charge in [0, 0.05) is 44.8 Å². The van der Waals surface area contributed by atoms with Crippen molar-refractivity contribution in [2.45, 2.75) is 38.6 Å². The molecular formula is C23H31Cl2FN6O. The highest BCUT2D eigenvalue weighted by molar-refractivity contribution is 5.85. The van der Waals surface area contributed by atoms with Crippen LogP contribution in [-0.4, -0.2) is 56.9 Å². The smallest absolute Gasteiger partial charge is 0.201 e. The molecule has 0 saturated carbocycles. The highest BCUT2D eigenvalue weighted by atomic mass is 35.5. The Balaban J connectivity index is 0.00000153. The summed E-state index contributed by atoms with van der Waals surface area (Å²) in [7, 11) is 1.98. The molecule has 7 nitrogen and oxygen atoms in total. The number of anilines is 1. The van der Waals surface area contributed by atoms with Crippen molar-refractivity contribution in [1.82, 2.24) is 24.6 Å². The Morgan fingerprint density at radius 1 is 1.09 bits per heavy atom. The van der Waals surface area contributed by atoms with Gasteiger partial charge in [0.1, 0.15) is 11.6 Å². The molecule has 2 fully saturated rings. The number of halogens is 3. The molecule has 3 aromatic rings. The summed E-state index contributed by atoms with van der Waals surface area (Å²) in [6.45, 7) is 6.36. The SMILES string of the molecule is Cc1ncoc1-c1nnc(CCCCN2CC3CCN(c4ccc(F)cc4)C3C2)n1C.Cl.Cl. The van der Waals surface area contributed by atoms with Crippen molar-refractivity contribution in [2.75, 3.05) is 31.1 Å². The Bertz CT molecular complexity index is 1040. The standard InChI is InChI=1S/C23H29FN6O.2ClH/c1-16-22(31-15-25-16)23-27-26-21(28(23)2)5-3-4-11-29-13-17-10-12-30(20(17)14-29)19-8-6-18(24)7-9-19;;/h6-9,15,17,20H,3-5,10-14H2,1-2H3;2*1H. The van der Waals surface area contributed by atoms with Gasteiger partial charge >= 0.3 is 0 Å². The molecule has 2 aliphatic heterocycles. The molecule has 0 bridgehead atoms. The molecule has 2 saturated heterocycles. The van der Waals surface area contributed by atoms with E-state index in [4.69, 9.17) is 4.42 Å². The first-order valence-corrected chi connectivity index (χ1v) is 11.1. The van der Waals surface area contributed by atoms with Gasteiger partial charge in [-0.2, -0.15) is 0 Å². The maximum absolute atomic E-state index is 13.3. The topological polar surface area (TPSA) is 63.2 Å². The Morgan fingerprint density at radius 2 is 1.88 bits per heavy atom. The van der Waals surface area contributed by atoms with E-state index < -0.39 is 0 Å². The first-order chi connectivity index (χ1) is 15.1. The molecule has 0 radical (unpaired) electrons. The molecule has 2 aromatic heterocycles. The third-order valence-corrected chi connectivity index (χ3v) is 6.82. The molecule has 0 amide bonds. The number of rotatable bonds is 7. The van der Waals surface area contributed by atoms with Gasteiger partial charge in [-0.1, -0.05) is 0 Å². The van der Waals surface area contributed by atoms with Crippen LogP contribution in [0.4, 0.5) is 10.1 Å². The quantitative estimate of drug-likeness (QED) is 0.454. The van der Waals surface area contributed by atoms with E-state index in [9.17, 15) is 4.39 Å². The maximum atomic E-state index is 13.3. The van der Waals surface area contributed by atoms with Crippen LogP contribution in [0.3, 0.4) is 0 Å². The van der Waals surface area contributed by atoms with Gasteiger partial charge in [-0.15, -0.1) is 35.0 Å². The summed E-state index contributed by atoms with van der Waals surface area (Å²) in [5.74, 6) is 2.95. The average Bonchev–Trinajstić information content (AvgIpc) is 3.52. The summed E-state index contributed by atoms with van der Waals surface area (Å²) in [6, 6.07) is 7.51. The second kappa shape index (κ2) is 10.8. The van der Waals surface area contributed by atoms with Crippen molar-refractivity contribution in [3.05, 3.63) is 48.0 Å². The largest absolute Gasteiger partial charge is 0.440 e. The Kier molecular flexibility index (Phi) is 8.37. The van der Waals surface area contributed by atoms with E-state index >= 15 is 0 Å². The minimum Gasteiger partial charge on any atom is -0.440 e. The molecule has 4 heterocycles. The summed E-state index contributed by atoms with van der Waals surface area (Å²) in [6.07, 6.45) is 5.79. The van der Waals surface area contributed by atoms with Crippen molar-refractivity contribution < 1.29 is 8.81 Å². The van der Waals surface area contributed by atoms with Crippen LogP contribution in [0.15, 0.2) is 35.1 Å². The van der Waals surface area contributed by atoms with Crippen molar-refractivity contribution >= 4 is 30.5 Å². The second-order valence-corrected chi connectivity index (χ2v) is 8.77. The number of likely N-dealkylation sites (tertiary alicyclic amines) is 1. The molecule has 10 heteroatoms. The van der Waals surface area contributed by atoms with Gasteiger partial charge < -0.3 is 18.8 Å². The van der Waals surface area contributed by atoms with Gasteiger partial charge in [-0.05, 0) is 62.9 Å². The monoisotopic (exact) mass is 496 g/mol. The average molecular weight is 497 g/mol. The van der Waals surface area contributed by atoms with Crippen molar-refractivity contribution in [3.63, 3.8) is 0 Å². The zero-order valence-electron chi connectivity index (χ0n) is 19.0. The van der Waals surface area contributed by atoms with E-state index in [-0.39, 0.29) is 30.6 Å². The van der Waals surface area contributed by atoms with Crippen LogP contribution in [0.25, 0.3) is 11.6 Å². The molecule has 1 aromatic carbocycles. The van der Waals surface area contributed by atoms with Crippen LogP contribution < -0.4 is 4.90 Å². The van der Waals surface area contributed by atoms with Crippen LogP contribution >= 0.6 is 24.8 Å². The third-order valence-electron chi connectivity index (χ3n) is 6.82. The molecule has 5 rings (SSSR count). The van der Waals surface area contributed by atoms with E-state index in [1.807, 2.05) is 30.7 Å². The molecule has 180 valence electrons. The minimum atomic E-state index is -0.168. The molecule has 2 aliphatic rings. The zero-order valence-corrected chi connectivity index (χ0v) is 20.6. The summed E-state index contributed by atoms with van der Waals surface area (Å²) in [4.78, 5) is 9.20. The lowest BCUT2D eigenvalue weighted by Crippen LogP contribution is -2.35. The number of fused-ring (bicyclic) bond motifs is 1. The first-order valence-electron chi connectivity index (χ1n) is 11.1. The highest BCUT2D eigenvalue weighted by Gasteiger charge is 2.40. The van der Waals surface area contributed by atoms with Crippen molar-refractivity contribution in [1.29, 1.82) is 0 Å². The van der Waals surface area contributed by atoms with Crippen LogP contribution in [0.1, 0.15) is 30.8 Å². The second-order valence-electron chi connectivity index (χ2n) is 8.77. The van der Waals surface area contributed by atoms with Gasteiger partial charge in [-0.3, -0.25) is 0 Å². The predicted octanol–water partition coefficient (Wildman–Crippen LogP) is 4.29. The number of aryl methyl sites for hydroxylation is 2. The molecule has 0 spiro atoms. The maximum Gasteiger partial charge on any atom is 0.201 e. The van der Waals surface area contributed by atoms with Crippen molar-refractivity contribution in [2.24, 2.45) is 13.0 Å². The Labute approximate surface area is 206 Å². The molecule has 2 atom stereocenters. The van der Waals surface area contributed by atoms with Crippen molar-refractivity contribution in [3.8, 4) is 11.6 Å². The summed E-state index contributed by atoms with van der Waals surface area (Å²) in [5.41, 5.74) is 1.98. The van der Waals surface area contributed by atoms with Gasteiger partial charge in [0.2, 0.25) is 5.82 Å². The van der Waals surface area contributed by atoms with Crippen LogP contribution in [0.2, 0.25) is 0 Å². The zero-order chi connectivity index (χ0) is 21.4. The fourth-order valence-corrected chi connectivity index (χ4v) is 5.10. The van der Waals surface area contributed by atoms with E-state index in [0.717, 1.165) is 67.8 Å². The predicted molar refractivity (Wildman–Crippen MR) is 131 cm³/mol. The van der Waals surface area contributed by atoms with Crippen LogP contribution in [0.5, 0.6) is 0 Å². The molecule has 33 heavy (non-hydrogen) atoms. The highest BCUT2D eigenvalue weighted by Crippen LogP contribution is 2.35. The summed E-state index contributed by atoms with van der Waals surface area (Å²) >= 11 is 0. The van der Waals surface area contributed by atoms with E-state index in [1.54, 1.807) is 12.1 Å². The summed E-state index contributed by atoms with van der Waals surface area (Å²) < 4.78 is 20.7. The van der Waals surface area contributed by atoms with Crippen LogP contribution in [-0.2, 0) is 13.5 Å². The number of aromatic nitrogens is 4. The Morgan fingerprint density at radius 3 is 2.61 bits per heavy atom. The van der Waals surface area contributed by atoms with Gasteiger partial charge in [0.25, 0.3) is 0 Å². The Hall–Kier alpha value is -2.16. The minimum absolute atomic E-state index is 0. The molecule has 2 unspecified atom stereocenters. The number of hydrogen-bond acceptors (Lipinski definition) is 6. The summed E-state index contributed by atoms with van der Waals surface area (Å²) in [5, 5.41) is 8.65. The number of oxazole rings is 1. The van der Waals surface area contributed by atoms with Gasteiger partial charge in [-0.25, -0.2) is 9.37 Å². The fourth-order valence-electron chi connectivity index (χ4n) is 5.10. The van der Waals surface area contributed by atoms with E-state index in [0.29, 0.717) is 11.8 Å². The normalized spacial score (nSPS) is 19.9. The molecule has 0 aliphatic carbocycles. The van der Waals surface area contributed by atoms with E-state index in [2.05, 4.69) is 25.0 Å². The number of nitrogens with zero attached hydrogens (tertiary/aromatic N) is 6. The lowest BCUT2D eigenvalue weighted by molar-refractivity contribution is 0.309. The molecular weight excluding hydrogens is 466 g/mol. The first kappa shape index (κ1) is 25.5. The lowest BCUT2D eigenvalue weighted by Gasteiger charge is -2.27. The lowest BCUT2D eigenvalue weighted by atomic mass is 10.1. The van der Waals surface area contributed by atoms with E-state index in [1.165, 1.54) is 19.4 Å². The van der Waals surface area contributed by atoms with Gasteiger partial charge in [0.05, 0.1) is 5.69 Å².